The Bertz CT molecular complexity index is 535. The van der Waals surface area contributed by atoms with Crippen LogP contribution in [0.2, 0.25) is 5.02 Å². The van der Waals surface area contributed by atoms with Gasteiger partial charge in [0, 0.05) is 37.1 Å². The highest BCUT2D eigenvalue weighted by molar-refractivity contribution is 6.31. The number of likely N-dealkylation sites (tertiary alicyclic amines) is 1. The number of halogens is 1. The number of carbonyl (C=O) groups excluding carboxylic acids is 2. The lowest BCUT2D eigenvalue weighted by molar-refractivity contribution is -0.128. The van der Waals surface area contributed by atoms with Crippen LogP contribution in [0.4, 0.5) is 0 Å². The van der Waals surface area contributed by atoms with Gasteiger partial charge in [0.15, 0.2) is 0 Å². The minimum Gasteiger partial charge on any atom is -0.387 e. The van der Waals surface area contributed by atoms with Crippen molar-refractivity contribution < 1.29 is 14.7 Å². The Hall–Kier alpha value is -1.59. The maximum Gasteiger partial charge on any atom is 0.225 e. The molecule has 2 rings (SSSR count). The first kappa shape index (κ1) is 15.8. The SMILES string of the molecule is CC(=O)N1CCC(C(=O)NCC(O)c2ccccc2Cl)C1. The quantitative estimate of drug-likeness (QED) is 0.882. The van der Waals surface area contributed by atoms with E-state index in [0.29, 0.717) is 30.1 Å². The Balaban J connectivity index is 1.85. The molecule has 2 N–H and O–H groups in total. The summed E-state index contributed by atoms with van der Waals surface area (Å²) in [6, 6.07) is 7.00. The molecule has 5 nitrogen and oxygen atoms in total. The average molecular weight is 311 g/mol. The Kier molecular flexibility index (Phi) is 5.20. The minimum atomic E-state index is -0.840. The van der Waals surface area contributed by atoms with E-state index in [1.807, 2.05) is 0 Å². The highest BCUT2D eigenvalue weighted by Gasteiger charge is 2.29. The Morgan fingerprint density at radius 2 is 2.19 bits per heavy atom. The lowest BCUT2D eigenvalue weighted by Crippen LogP contribution is -2.36. The molecule has 1 aliphatic heterocycles. The number of aliphatic hydroxyl groups excluding tert-OH is 1. The number of rotatable bonds is 4. The van der Waals surface area contributed by atoms with Crippen molar-refractivity contribution in [2.24, 2.45) is 5.92 Å². The van der Waals surface area contributed by atoms with Gasteiger partial charge in [-0.2, -0.15) is 0 Å². The molecule has 2 unspecified atom stereocenters. The number of nitrogens with zero attached hydrogens (tertiary/aromatic N) is 1. The summed E-state index contributed by atoms with van der Waals surface area (Å²) in [5, 5.41) is 13.3. The second-order valence-corrected chi connectivity index (χ2v) is 5.64. The molecule has 1 saturated heterocycles. The summed E-state index contributed by atoms with van der Waals surface area (Å²) >= 11 is 6.00. The zero-order valence-corrected chi connectivity index (χ0v) is 12.6. The van der Waals surface area contributed by atoms with E-state index in [-0.39, 0.29) is 24.3 Å². The molecule has 21 heavy (non-hydrogen) atoms. The number of aliphatic hydroxyl groups is 1. The Morgan fingerprint density at radius 1 is 1.48 bits per heavy atom. The van der Waals surface area contributed by atoms with E-state index in [1.165, 1.54) is 6.92 Å². The summed E-state index contributed by atoms with van der Waals surface area (Å²) in [6.45, 7) is 2.67. The van der Waals surface area contributed by atoms with Crippen LogP contribution >= 0.6 is 11.6 Å². The van der Waals surface area contributed by atoms with Crippen LogP contribution < -0.4 is 5.32 Å². The van der Waals surface area contributed by atoms with Gasteiger partial charge in [-0.15, -0.1) is 0 Å². The van der Waals surface area contributed by atoms with Gasteiger partial charge in [-0.25, -0.2) is 0 Å². The van der Waals surface area contributed by atoms with Crippen molar-refractivity contribution in [2.45, 2.75) is 19.4 Å². The third-order valence-corrected chi connectivity index (χ3v) is 4.08. The van der Waals surface area contributed by atoms with Crippen LogP contribution in [-0.2, 0) is 9.59 Å². The highest BCUT2D eigenvalue weighted by Crippen LogP contribution is 2.22. The van der Waals surface area contributed by atoms with Crippen LogP contribution in [0.1, 0.15) is 25.0 Å². The van der Waals surface area contributed by atoms with Crippen LogP contribution in [0.5, 0.6) is 0 Å². The maximum atomic E-state index is 12.0. The van der Waals surface area contributed by atoms with Crippen molar-refractivity contribution in [3.8, 4) is 0 Å². The predicted octanol–water partition coefficient (Wildman–Crippen LogP) is 1.36. The van der Waals surface area contributed by atoms with Crippen LogP contribution in [0.25, 0.3) is 0 Å². The molecule has 2 amide bonds. The van der Waals surface area contributed by atoms with Gasteiger partial charge in [-0.1, -0.05) is 29.8 Å². The molecular weight excluding hydrogens is 292 g/mol. The molecule has 0 saturated carbocycles. The smallest absolute Gasteiger partial charge is 0.225 e. The van der Waals surface area contributed by atoms with Crippen molar-refractivity contribution >= 4 is 23.4 Å². The van der Waals surface area contributed by atoms with E-state index in [0.717, 1.165) is 0 Å². The number of nitrogens with one attached hydrogen (secondary N) is 1. The van der Waals surface area contributed by atoms with E-state index in [4.69, 9.17) is 11.6 Å². The molecule has 6 heteroatoms. The lowest BCUT2D eigenvalue weighted by Gasteiger charge is -2.16. The van der Waals surface area contributed by atoms with Crippen molar-refractivity contribution in [3.63, 3.8) is 0 Å². The molecule has 1 aromatic carbocycles. The first-order chi connectivity index (χ1) is 9.99. The normalized spacial score (nSPS) is 19.4. The second-order valence-electron chi connectivity index (χ2n) is 5.23. The van der Waals surface area contributed by atoms with Crippen LogP contribution in [-0.4, -0.2) is 41.5 Å². The van der Waals surface area contributed by atoms with Crippen LogP contribution in [0, 0.1) is 5.92 Å². The number of amides is 2. The molecule has 1 aliphatic rings. The monoisotopic (exact) mass is 310 g/mol. The van der Waals surface area contributed by atoms with Crippen molar-refractivity contribution in [2.75, 3.05) is 19.6 Å². The molecular formula is C15H19ClN2O3. The molecule has 1 heterocycles. The van der Waals surface area contributed by atoms with Gasteiger partial charge in [0.25, 0.3) is 0 Å². The fraction of sp³-hybridized carbons (Fsp3) is 0.467. The number of hydrogen-bond donors (Lipinski definition) is 2. The summed E-state index contributed by atoms with van der Waals surface area (Å²) < 4.78 is 0. The Labute approximate surface area is 128 Å². The maximum absolute atomic E-state index is 12.0. The number of benzene rings is 1. The topological polar surface area (TPSA) is 69.6 Å². The molecule has 1 aromatic rings. The zero-order chi connectivity index (χ0) is 15.4. The first-order valence-corrected chi connectivity index (χ1v) is 7.32. The molecule has 2 atom stereocenters. The molecule has 0 aliphatic carbocycles. The van der Waals surface area contributed by atoms with Crippen molar-refractivity contribution in [1.82, 2.24) is 10.2 Å². The van der Waals surface area contributed by atoms with Crippen LogP contribution in [0.15, 0.2) is 24.3 Å². The average Bonchev–Trinajstić information content (AvgIpc) is 2.95. The van der Waals surface area contributed by atoms with Gasteiger partial charge in [0.1, 0.15) is 0 Å². The van der Waals surface area contributed by atoms with Gasteiger partial charge in [-0.05, 0) is 12.5 Å². The van der Waals surface area contributed by atoms with Gasteiger partial charge < -0.3 is 15.3 Å². The van der Waals surface area contributed by atoms with Gasteiger partial charge >= 0.3 is 0 Å². The van der Waals surface area contributed by atoms with E-state index in [9.17, 15) is 14.7 Å². The zero-order valence-electron chi connectivity index (χ0n) is 11.9. The molecule has 0 spiro atoms. The third kappa shape index (κ3) is 3.95. The molecule has 1 fully saturated rings. The van der Waals surface area contributed by atoms with Crippen molar-refractivity contribution in [1.29, 1.82) is 0 Å². The first-order valence-electron chi connectivity index (χ1n) is 6.94. The summed E-state index contributed by atoms with van der Waals surface area (Å²) in [6.07, 6.45) is -0.180. The minimum absolute atomic E-state index is 0.0126. The molecule has 114 valence electrons. The van der Waals surface area contributed by atoms with Gasteiger partial charge in [0.2, 0.25) is 11.8 Å². The highest BCUT2D eigenvalue weighted by atomic mass is 35.5. The lowest BCUT2D eigenvalue weighted by atomic mass is 10.1. The molecule has 0 radical (unpaired) electrons. The summed E-state index contributed by atoms with van der Waals surface area (Å²) in [4.78, 5) is 24.9. The summed E-state index contributed by atoms with van der Waals surface area (Å²) in [5.41, 5.74) is 0.594. The second kappa shape index (κ2) is 6.91. The fourth-order valence-electron chi connectivity index (χ4n) is 2.46. The predicted molar refractivity (Wildman–Crippen MR) is 79.8 cm³/mol. The van der Waals surface area contributed by atoms with Crippen LogP contribution in [0.3, 0.4) is 0 Å². The van der Waals surface area contributed by atoms with Gasteiger partial charge in [-0.3, -0.25) is 9.59 Å². The number of carbonyl (C=O) groups is 2. The third-order valence-electron chi connectivity index (χ3n) is 3.74. The standard InChI is InChI=1S/C15H19ClN2O3/c1-10(19)18-7-6-11(9-18)15(21)17-8-14(20)12-4-2-3-5-13(12)16/h2-5,11,14,20H,6-9H2,1H3,(H,17,21). The van der Waals surface area contributed by atoms with Crippen molar-refractivity contribution in [3.05, 3.63) is 34.9 Å². The Morgan fingerprint density at radius 3 is 2.81 bits per heavy atom. The molecule has 0 bridgehead atoms. The molecule has 0 aromatic heterocycles. The number of hydrogen-bond acceptors (Lipinski definition) is 3. The largest absolute Gasteiger partial charge is 0.387 e. The van der Waals surface area contributed by atoms with E-state index >= 15 is 0 Å². The summed E-state index contributed by atoms with van der Waals surface area (Å²) in [7, 11) is 0. The summed E-state index contributed by atoms with van der Waals surface area (Å²) in [5.74, 6) is -0.349. The van der Waals surface area contributed by atoms with E-state index in [2.05, 4.69) is 5.32 Å². The fourth-order valence-corrected chi connectivity index (χ4v) is 2.72. The van der Waals surface area contributed by atoms with Gasteiger partial charge in [0.05, 0.1) is 12.0 Å². The van der Waals surface area contributed by atoms with E-state index < -0.39 is 6.10 Å². The van der Waals surface area contributed by atoms with E-state index in [1.54, 1.807) is 29.2 Å².